The fourth-order valence-corrected chi connectivity index (χ4v) is 6.47. The molecule has 1 amide bonds. The van der Waals surface area contributed by atoms with E-state index in [1.54, 1.807) is 18.2 Å². The first-order valence-corrected chi connectivity index (χ1v) is 10.8. The van der Waals surface area contributed by atoms with Gasteiger partial charge in [-0.3, -0.25) is 9.59 Å². The van der Waals surface area contributed by atoms with E-state index in [1.165, 1.54) is 44.6 Å². The van der Waals surface area contributed by atoms with E-state index < -0.39 is 5.97 Å². The van der Waals surface area contributed by atoms with E-state index in [-0.39, 0.29) is 29.5 Å². The maximum atomic E-state index is 13.5. The van der Waals surface area contributed by atoms with E-state index in [4.69, 9.17) is 4.74 Å². The van der Waals surface area contributed by atoms with Crippen molar-refractivity contribution in [1.82, 2.24) is 5.32 Å². The van der Waals surface area contributed by atoms with E-state index in [9.17, 15) is 14.0 Å². The van der Waals surface area contributed by atoms with Crippen LogP contribution in [0.15, 0.2) is 29.2 Å². The second kappa shape index (κ2) is 7.82. The zero-order chi connectivity index (χ0) is 18.9. The molecule has 0 aliphatic heterocycles. The molecule has 4 bridgehead atoms. The van der Waals surface area contributed by atoms with E-state index in [1.807, 2.05) is 0 Å². The highest BCUT2D eigenvalue weighted by molar-refractivity contribution is 8.00. The molecule has 146 valence electrons. The number of benzene rings is 1. The second-order valence-corrected chi connectivity index (χ2v) is 9.59. The maximum absolute atomic E-state index is 13.5. The minimum absolute atomic E-state index is 0.0107. The molecular formula is C21H26FNO3S. The van der Waals surface area contributed by atoms with Crippen LogP contribution in [-0.4, -0.2) is 30.8 Å². The Balaban J connectivity index is 1.18. The zero-order valence-corrected chi connectivity index (χ0v) is 16.2. The van der Waals surface area contributed by atoms with Crippen LogP contribution >= 0.6 is 11.8 Å². The highest BCUT2D eigenvalue weighted by Crippen LogP contribution is 2.59. The van der Waals surface area contributed by atoms with Gasteiger partial charge in [-0.05, 0) is 73.8 Å². The lowest BCUT2D eigenvalue weighted by atomic mass is 9.49. The first kappa shape index (κ1) is 18.8. The molecular weight excluding hydrogens is 365 g/mol. The fourth-order valence-electron chi connectivity index (χ4n) is 5.73. The predicted molar refractivity (Wildman–Crippen MR) is 102 cm³/mol. The average Bonchev–Trinajstić information content (AvgIpc) is 2.63. The Morgan fingerprint density at radius 1 is 1.11 bits per heavy atom. The van der Waals surface area contributed by atoms with E-state index in [0.29, 0.717) is 11.4 Å². The molecule has 0 atom stereocenters. The topological polar surface area (TPSA) is 55.4 Å². The normalized spacial score (nSPS) is 30.9. The van der Waals surface area contributed by atoms with Crippen molar-refractivity contribution in [1.29, 1.82) is 0 Å². The summed E-state index contributed by atoms with van der Waals surface area (Å²) >= 11 is 1.08. The van der Waals surface area contributed by atoms with Crippen LogP contribution in [0.1, 0.15) is 38.5 Å². The Morgan fingerprint density at radius 3 is 2.37 bits per heavy atom. The lowest BCUT2D eigenvalue weighted by Gasteiger charge is -2.56. The summed E-state index contributed by atoms with van der Waals surface area (Å²) in [4.78, 5) is 24.3. The molecule has 4 aliphatic carbocycles. The number of amides is 1. The summed E-state index contributed by atoms with van der Waals surface area (Å²) in [5.74, 6) is 1.43. The number of carbonyl (C=O) groups excluding carboxylic acids is 2. The minimum atomic E-state index is -0.506. The number of rotatable bonds is 7. The van der Waals surface area contributed by atoms with Crippen molar-refractivity contribution >= 4 is 23.6 Å². The molecule has 0 heterocycles. The van der Waals surface area contributed by atoms with Crippen molar-refractivity contribution in [2.45, 2.75) is 43.4 Å². The Bertz CT molecular complexity index is 688. The van der Waals surface area contributed by atoms with Crippen LogP contribution in [0.5, 0.6) is 0 Å². The maximum Gasteiger partial charge on any atom is 0.316 e. The average molecular weight is 392 g/mol. The zero-order valence-electron chi connectivity index (χ0n) is 15.4. The lowest BCUT2D eigenvalue weighted by Crippen LogP contribution is -2.51. The second-order valence-electron chi connectivity index (χ2n) is 8.57. The van der Waals surface area contributed by atoms with Gasteiger partial charge in [-0.25, -0.2) is 4.39 Å². The molecule has 0 spiro atoms. The van der Waals surface area contributed by atoms with Crippen molar-refractivity contribution in [3.8, 4) is 0 Å². The third kappa shape index (κ3) is 4.48. The van der Waals surface area contributed by atoms with Gasteiger partial charge in [-0.1, -0.05) is 12.1 Å². The summed E-state index contributed by atoms with van der Waals surface area (Å²) in [6, 6.07) is 6.29. The van der Waals surface area contributed by atoms with Gasteiger partial charge in [-0.2, -0.15) is 0 Å². The molecule has 0 aromatic heterocycles. The van der Waals surface area contributed by atoms with Crippen LogP contribution in [0.3, 0.4) is 0 Å². The third-order valence-corrected chi connectivity index (χ3v) is 7.39. The fraction of sp³-hybridized carbons (Fsp3) is 0.619. The third-order valence-electron chi connectivity index (χ3n) is 6.37. The van der Waals surface area contributed by atoms with E-state index in [0.717, 1.165) is 29.5 Å². The number of hydrogen-bond acceptors (Lipinski definition) is 4. The number of thioether (sulfide) groups is 1. The lowest BCUT2D eigenvalue weighted by molar-refractivity contribution is -0.146. The number of nitrogens with one attached hydrogen (secondary N) is 1. The summed E-state index contributed by atoms with van der Waals surface area (Å²) in [7, 11) is 0. The quantitative estimate of drug-likeness (QED) is 0.568. The molecule has 4 aliphatic rings. The standard InChI is InChI=1S/C21H26FNO3S/c22-17-3-1-2-4-18(17)27-12-20(25)26-11-19(24)23-13-21-8-14-5-15(9-21)7-16(6-14)10-21/h1-4,14-16H,5-13H2,(H,23,24). The van der Waals surface area contributed by atoms with Crippen LogP contribution < -0.4 is 5.32 Å². The highest BCUT2D eigenvalue weighted by atomic mass is 32.2. The minimum Gasteiger partial charge on any atom is -0.455 e. The van der Waals surface area contributed by atoms with E-state index in [2.05, 4.69) is 5.32 Å². The van der Waals surface area contributed by atoms with Gasteiger partial charge in [0.1, 0.15) is 5.82 Å². The van der Waals surface area contributed by atoms with Gasteiger partial charge in [0.25, 0.3) is 5.91 Å². The summed E-state index contributed by atoms with van der Waals surface area (Å²) in [6.07, 6.45) is 7.84. The number of carbonyl (C=O) groups is 2. The Hall–Kier alpha value is -1.56. The van der Waals surface area contributed by atoms with Crippen LogP contribution in [0, 0.1) is 29.0 Å². The van der Waals surface area contributed by atoms with Gasteiger partial charge in [0, 0.05) is 11.4 Å². The molecule has 1 N–H and O–H groups in total. The molecule has 0 saturated heterocycles. The van der Waals surface area contributed by atoms with Gasteiger partial charge in [0.2, 0.25) is 0 Å². The summed E-state index contributed by atoms with van der Waals surface area (Å²) < 4.78 is 18.6. The van der Waals surface area contributed by atoms with Crippen LogP contribution in [0.25, 0.3) is 0 Å². The Morgan fingerprint density at radius 2 is 1.74 bits per heavy atom. The van der Waals surface area contributed by atoms with Crippen molar-refractivity contribution in [2.24, 2.45) is 23.2 Å². The molecule has 1 aromatic rings. The summed E-state index contributed by atoms with van der Waals surface area (Å²) in [6.45, 7) is 0.444. The van der Waals surface area contributed by atoms with Gasteiger partial charge in [0.15, 0.2) is 6.61 Å². The molecule has 4 nitrogen and oxygen atoms in total. The van der Waals surface area contributed by atoms with Gasteiger partial charge >= 0.3 is 5.97 Å². The smallest absolute Gasteiger partial charge is 0.316 e. The SMILES string of the molecule is O=C(COC(=O)CSc1ccccc1F)NCC12CC3CC(CC(C3)C1)C2. The highest BCUT2D eigenvalue weighted by Gasteiger charge is 2.50. The first-order chi connectivity index (χ1) is 13.0. The molecule has 0 radical (unpaired) electrons. The summed E-state index contributed by atoms with van der Waals surface area (Å²) in [5.41, 5.74) is 0.273. The monoisotopic (exact) mass is 391 g/mol. The van der Waals surface area contributed by atoms with Crippen molar-refractivity contribution in [3.05, 3.63) is 30.1 Å². The number of halogens is 1. The van der Waals surface area contributed by atoms with Gasteiger partial charge in [0.05, 0.1) is 5.75 Å². The number of ether oxygens (including phenoxy) is 1. The van der Waals surface area contributed by atoms with Crippen molar-refractivity contribution in [2.75, 3.05) is 18.9 Å². The molecule has 4 fully saturated rings. The molecule has 0 unspecified atom stereocenters. The number of esters is 1. The Labute approximate surface area is 163 Å². The van der Waals surface area contributed by atoms with Crippen LogP contribution in [0.2, 0.25) is 0 Å². The molecule has 6 heteroatoms. The van der Waals surface area contributed by atoms with Gasteiger partial charge in [-0.15, -0.1) is 11.8 Å². The molecule has 27 heavy (non-hydrogen) atoms. The largest absolute Gasteiger partial charge is 0.455 e. The van der Waals surface area contributed by atoms with Crippen LogP contribution in [0.4, 0.5) is 4.39 Å². The molecule has 5 rings (SSSR count). The van der Waals surface area contributed by atoms with Gasteiger partial charge < -0.3 is 10.1 Å². The first-order valence-electron chi connectivity index (χ1n) is 9.81. The van der Waals surface area contributed by atoms with Crippen molar-refractivity contribution < 1.29 is 18.7 Å². The van der Waals surface area contributed by atoms with Crippen LogP contribution in [-0.2, 0) is 14.3 Å². The number of hydrogen-bond donors (Lipinski definition) is 1. The van der Waals surface area contributed by atoms with E-state index >= 15 is 0 Å². The molecule has 1 aromatic carbocycles. The Kier molecular flexibility index (Phi) is 5.44. The predicted octanol–water partition coefficient (Wildman–Crippen LogP) is 3.79. The summed E-state index contributed by atoms with van der Waals surface area (Å²) in [5, 5.41) is 2.99. The van der Waals surface area contributed by atoms with Crippen molar-refractivity contribution in [3.63, 3.8) is 0 Å². The molecule has 4 saturated carbocycles.